The Labute approximate surface area is 143 Å². The van der Waals surface area contributed by atoms with E-state index in [9.17, 15) is 14.0 Å². The van der Waals surface area contributed by atoms with Gasteiger partial charge in [0.25, 0.3) is 5.56 Å². The molecule has 7 heteroatoms. The van der Waals surface area contributed by atoms with Crippen LogP contribution in [0.1, 0.15) is 17.7 Å². The number of H-pyrrole nitrogens is 1. The molecule has 0 radical (unpaired) electrons. The Morgan fingerprint density at radius 2 is 2.09 bits per heavy atom. The fraction of sp³-hybridized carbons (Fsp3) is 0.250. The van der Waals surface area contributed by atoms with Crippen molar-refractivity contribution >= 4 is 33.6 Å². The summed E-state index contributed by atoms with van der Waals surface area (Å²) in [4.78, 5) is 27.8. The predicted octanol–water partition coefficient (Wildman–Crippen LogP) is 2.48. The van der Waals surface area contributed by atoms with Crippen molar-refractivity contribution in [1.29, 1.82) is 0 Å². The van der Waals surface area contributed by atoms with E-state index in [2.05, 4.69) is 4.98 Å². The third kappa shape index (κ3) is 2.02. The molecule has 4 rings (SSSR count). The zero-order chi connectivity index (χ0) is 16.3. The number of nitrogens with one attached hydrogen (secondary N) is 1. The van der Waals surface area contributed by atoms with Crippen molar-refractivity contribution in [3.8, 4) is 5.69 Å². The molecular weight excluding hydrogens is 412 g/mol. The van der Waals surface area contributed by atoms with Crippen LogP contribution in [0.5, 0.6) is 0 Å². The van der Waals surface area contributed by atoms with Crippen LogP contribution in [0.2, 0.25) is 0 Å². The lowest BCUT2D eigenvalue weighted by Crippen LogP contribution is -2.23. The summed E-state index contributed by atoms with van der Waals surface area (Å²) in [5, 5.41) is 0. The van der Waals surface area contributed by atoms with E-state index in [4.69, 9.17) is 0 Å². The topological polar surface area (TPSA) is 59.8 Å². The molecule has 1 aliphatic heterocycles. The molecule has 1 aliphatic rings. The van der Waals surface area contributed by atoms with Crippen molar-refractivity contribution in [2.45, 2.75) is 26.3 Å². The minimum Gasteiger partial charge on any atom is -0.310 e. The molecule has 118 valence electrons. The Morgan fingerprint density at radius 3 is 2.83 bits per heavy atom. The maximum Gasteiger partial charge on any atom is 0.331 e. The van der Waals surface area contributed by atoms with Gasteiger partial charge in [0.1, 0.15) is 5.82 Å². The highest BCUT2D eigenvalue weighted by Gasteiger charge is 2.24. The first-order chi connectivity index (χ1) is 11.0. The highest BCUT2D eigenvalue weighted by molar-refractivity contribution is 14.1. The van der Waals surface area contributed by atoms with Crippen LogP contribution in [0, 0.1) is 16.3 Å². The largest absolute Gasteiger partial charge is 0.331 e. The fourth-order valence-corrected chi connectivity index (χ4v) is 3.81. The quantitative estimate of drug-likeness (QED) is 0.610. The number of nitrogens with zero attached hydrogens (tertiary/aromatic N) is 2. The zero-order valence-corrected chi connectivity index (χ0v) is 14.5. The summed E-state index contributed by atoms with van der Waals surface area (Å²) in [6.45, 7) is 2.35. The van der Waals surface area contributed by atoms with Crippen molar-refractivity contribution < 1.29 is 4.39 Å². The number of pyridine rings is 1. The molecule has 23 heavy (non-hydrogen) atoms. The number of aryl methyl sites for hydroxylation is 2. The second kappa shape index (κ2) is 5.05. The van der Waals surface area contributed by atoms with E-state index in [1.54, 1.807) is 23.6 Å². The van der Waals surface area contributed by atoms with Gasteiger partial charge in [0.05, 0.1) is 16.7 Å². The molecule has 0 saturated carbocycles. The second-order valence-electron chi connectivity index (χ2n) is 5.72. The highest BCUT2D eigenvalue weighted by atomic mass is 127. The van der Waals surface area contributed by atoms with Gasteiger partial charge in [-0.3, -0.25) is 9.36 Å². The summed E-state index contributed by atoms with van der Waals surface area (Å²) in [5.41, 5.74) is 2.04. The molecule has 1 aromatic carbocycles. The third-order valence-corrected chi connectivity index (χ3v) is 5.05. The van der Waals surface area contributed by atoms with Crippen LogP contribution in [-0.4, -0.2) is 14.1 Å². The van der Waals surface area contributed by atoms with Crippen molar-refractivity contribution in [2.24, 2.45) is 0 Å². The van der Waals surface area contributed by atoms with Crippen LogP contribution in [0.3, 0.4) is 0 Å². The van der Waals surface area contributed by atoms with Gasteiger partial charge in [0.15, 0.2) is 0 Å². The van der Waals surface area contributed by atoms with E-state index in [1.807, 2.05) is 22.6 Å². The van der Waals surface area contributed by atoms with Crippen molar-refractivity contribution in [3.63, 3.8) is 0 Å². The van der Waals surface area contributed by atoms with E-state index in [0.717, 1.165) is 22.1 Å². The first-order valence-electron chi connectivity index (χ1n) is 7.31. The lowest BCUT2D eigenvalue weighted by molar-refractivity contribution is 0.616. The van der Waals surface area contributed by atoms with Crippen molar-refractivity contribution in [2.75, 3.05) is 0 Å². The van der Waals surface area contributed by atoms with Gasteiger partial charge in [0, 0.05) is 21.4 Å². The first kappa shape index (κ1) is 14.7. The predicted molar refractivity (Wildman–Crippen MR) is 93.9 cm³/mol. The smallest absolute Gasteiger partial charge is 0.310 e. The summed E-state index contributed by atoms with van der Waals surface area (Å²) in [6.07, 6.45) is 1.61. The Morgan fingerprint density at radius 1 is 1.30 bits per heavy atom. The number of aromatic amines is 1. The normalized spacial score (nSPS) is 13.7. The van der Waals surface area contributed by atoms with Gasteiger partial charge in [-0.1, -0.05) is 0 Å². The van der Waals surface area contributed by atoms with Gasteiger partial charge >= 0.3 is 5.69 Å². The molecule has 0 atom stereocenters. The molecule has 0 aliphatic carbocycles. The minimum atomic E-state index is -0.486. The number of halogens is 2. The summed E-state index contributed by atoms with van der Waals surface area (Å²) < 4.78 is 18.1. The van der Waals surface area contributed by atoms with Crippen LogP contribution in [-0.2, 0) is 13.0 Å². The molecule has 2 aromatic heterocycles. The summed E-state index contributed by atoms with van der Waals surface area (Å²) in [6, 6.07) is 4.67. The van der Waals surface area contributed by atoms with Crippen molar-refractivity contribution in [3.05, 3.63) is 59.7 Å². The molecule has 5 nitrogen and oxygen atoms in total. The molecule has 3 aromatic rings. The number of aromatic nitrogens is 3. The van der Waals surface area contributed by atoms with Crippen LogP contribution in [0.4, 0.5) is 4.39 Å². The lowest BCUT2D eigenvalue weighted by atomic mass is 10.2. The van der Waals surface area contributed by atoms with Gasteiger partial charge in [-0.25, -0.2) is 9.18 Å². The standard InChI is InChI=1S/C16H13FIN3O2/c1-8-14-13(12-3-2-6-20(12)15(8)22)19-16(23)21(14)11-5-4-9(18)7-10(11)17/h4-5,7H,2-3,6H2,1H3,(H,19,23). The van der Waals surface area contributed by atoms with Gasteiger partial charge < -0.3 is 9.55 Å². The summed E-state index contributed by atoms with van der Waals surface area (Å²) in [5.74, 6) is -0.486. The van der Waals surface area contributed by atoms with E-state index >= 15 is 0 Å². The summed E-state index contributed by atoms with van der Waals surface area (Å²) in [7, 11) is 0. The Hall–Kier alpha value is -1.90. The van der Waals surface area contributed by atoms with E-state index < -0.39 is 11.5 Å². The monoisotopic (exact) mass is 425 g/mol. The fourth-order valence-electron chi connectivity index (χ4n) is 3.35. The van der Waals surface area contributed by atoms with Crippen LogP contribution >= 0.6 is 22.6 Å². The van der Waals surface area contributed by atoms with E-state index in [0.29, 0.717) is 23.1 Å². The Bertz CT molecular complexity index is 1080. The number of hydrogen-bond donors (Lipinski definition) is 1. The van der Waals surface area contributed by atoms with Crippen molar-refractivity contribution in [1.82, 2.24) is 14.1 Å². The Kier molecular flexibility index (Phi) is 3.22. The number of rotatable bonds is 1. The molecule has 0 unspecified atom stereocenters. The maximum atomic E-state index is 14.4. The molecular formula is C16H13FIN3O2. The molecule has 0 saturated heterocycles. The van der Waals surface area contributed by atoms with Crippen LogP contribution < -0.4 is 11.2 Å². The Balaban J connectivity index is 2.17. The molecule has 0 bridgehead atoms. The molecule has 0 fully saturated rings. The highest BCUT2D eigenvalue weighted by Crippen LogP contribution is 2.26. The van der Waals surface area contributed by atoms with Gasteiger partial charge in [0.2, 0.25) is 0 Å². The first-order valence-corrected chi connectivity index (χ1v) is 8.39. The second-order valence-corrected chi connectivity index (χ2v) is 6.96. The summed E-state index contributed by atoms with van der Waals surface area (Å²) >= 11 is 2.01. The molecule has 3 heterocycles. The van der Waals surface area contributed by atoms with Crippen LogP contribution in [0.15, 0.2) is 27.8 Å². The number of benzene rings is 1. The average molecular weight is 425 g/mol. The van der Waals surface area contributed by atoms with E-state index in [-0.39, 0.29) is 11.2 Å². The number of hydrogen-bond acceptors (Lipinski definition) is 2. The third-order valence-electron chi connectivity index (χ3n) is 4.38. The van der Waals surface area contributed by atoms with E-state index in [1.165, 1.54) is 10.6 Å². The van der Waals surface area contributed by atoms with Gasteiger partial charge in [-0.05, 0) is 60.6 Å². The van der Waals surface area contributed by atoms with Gasteiger partial charge in [-0.2, -0.15) is 0 Å². The zero-order valence-electron chi connectivity index (χ0n) is 12.3. The number of fused-ring (bicyclic) bond motifs is 3. The number of imidazole rings is 1. The van der Waals surface area contributed by atoms with Gasteiger partial charge in [-0.15, -0.1) is 0 Å². The average Bonchev–Trinajstić information content (AvgIpc) is 3.10. The van der Waals surface area contributed by atoms with Crippen LogP contribution in [0.25, 0.3) is 16.7 Å². The molecule has 1 N–H and O–H groups in total. The lowest BCUT2D eigenvalue weighted by Gasteiger charge is -2.10. The maximum absolute atomic E-state index is 14.4. The molecule has 0 spiro atoms. The minimum absolute atomic E-state index is 0.108. The molecule has 0 amide bonds. The SMILES string of the molecule is Cc1c(=O)n2c(c3[nH]c(=O)n(-c4ccc(I)cc4F)c13)CCC2.